The summed E-state index contributed by atoms with van der Waals surface area (Å²) >= 11 is 3.39. The molecule has 2 amide bonds. The van der Waals surface area contributed by atoms with Crippen molar-refractivity contribution in [1.82, 2.24) is 5.32 Å². The molecule has 2 N–H and O–H groups in total. The van der Waals surface area contributed by atoms with Gasteiger partial charge in [-0.2, -0.15) is 0 Å². The van der Waals surface area contributed by atoms with Crippen LogP contribution in [0, 0.1) is 0 Å². The number of amides is 2. The third-order valence-corrected chi connectivity index (χ3v) is 4.17. The third kappa shape index (κ3) is 5.57. The summed E-state index contributed by atoms with van der Waals surface area (Å²) in [6.45, 7) is 7.34. The number of nitrogens with one attached hydrogen (secondary N) is 2. The standard InChI is InChI=1S/C19H23BrN2O2/c1-19(2,3)14-7-6-8-15(13-14)24-12-11-21-18(23)22-17-10-5-4-9-16(17)20/h4-10,13H,11-12H2,1-3H3,(H2,21,22,23). The fraction of sp³-hybridized carbons (Fsp3) is 0.316. The summed E-state index contributed by atoms with van der Waals surface area (Å²) in [6.07, 6.45) is 0. The molecule has 24 heavy (non-hydrogen) atoms. The molecule has 0 aliphatic heterocycles. The molecule has 0 saturated heterocycles. The van der Waals surface area contributed by atoms with Gasteiger partial charge < -0.3 is 15.4 Å². The zero-order valence-electron chi connectivity index (χ0n) is 14.2. The van der Waals surface area contributed by atoms with Crippen molar-refractivity contribution in [2.75, 3.05) is 18.5 Å². The summed E-state index contributed by atoms with van der Waals surface area (Å²) in [4.78, 5) is 11.9. The van der Waals surface area contributed by atoms with E-state index in [9.17, 15) is 4.79 Å². The maximum absolute atomic E-state index is 11.9. The fourth-order valence-electron chi connectivity index (χ4n) is 2.11. The highest BCUT2D eigenvalue weighted by Gasteiger charge is 2.13. The zero-order valence-corrected chi connectivity index (χ0v) is 15.8. The van der Waals surface area contributed by atoms with Gasteiger partial charge in [-0.25, -0.2) is 4.79 Å². The van der Waals surface area contributed by atoms with Crippen LogP contribution in [0.5, 0.6) is 5.75 Å². The van der Waals surface area contributed by atoms with Crippen LogP contribution in [0.15, 0.2) is 53.0 Å². The minimum Gasteiger partial charge on any atom is -0.492 e. The summed E-state index contributed by atoms with van der Waals surface area (Å²) in [6, 6.07) is 15.3. The largest absolute Gasteiger partial charge is 0.492 e. The van der Waals surface area contributed by atoms with E-state index in [0.717, 1.165) is 15.9 Å². The van der Waals surface area contributed by atoms with E-state index in [1.165, 1.54) is 5.56 Å². The van der Waals surface area contributed by atoms with E-state index in [0.29, 0.717) is 13.2 Å². The van der Waals surface area contributed by atoms with Crippen LogP contribution < -0.4 is 15.4 Å². The predicted octanol–water partition coefficient (Wildman–Crippen LogP) is 4.95. The zero-order chi connectivity index (χ0) is 17.6. The minimum absolute atomic E-state index is 0.0839. The Balaban J connectivity index is 1.77. The molecule has 0 bridgehead atoms. The molecule has 128 valence electrons. The molecule has 2 rings (SSSR count). The quantitative estimate of drug-likeness (QED) is 0.709. The molecule has 0 spiro atoms. The lowest BCUT2D eigenvalue weighted by atomic mass is 9.87. The van der Waals surface area contributed by atoms with Gasteiger partial charge in [-0.3, -0.25) is 0 Å². The van der Waals surface area contributed by atoms with Gasteiger partial charge >= 0.3 is 6.03 Å². The monoisotopic (exact) mass is 390 g/mol. The molecule has 0 fully saturated rings. The molecule has 2 aromatic carbocycles. The topological polar surface area (TPSA) is 50.4 Å². The number of rotatable bonds is 5. The van der Waals surface area contributed by atoms with Gasteiger partial charge in [0.1, 0.15) is 12.4 Å². The second-order valence-corrected chi connectivity index (χ2v) is 7.34. The number of ether oxygens (including phenoxy) is 1. The SMILES string of the molecule is CC(C)(C)c1cccc(OCCNC(=O)Nc2ccccc2Br)c1. The van der Waals surface area contributed by atoms with E-state index in [2.05, 4.69) is 53.4 Å². The van der Waals surface area contributed by atoms with Crippen LogP contribution in [-0.4, -0.2) is 19.2 Å². The van der Waals surface area contributed by atoms with E-state index >= 15 is 0 Å². The normalized spacial score (nSPS) is 11.0. The van der Waals surface area contributed by atoms with Gasteiger partial charge in [-0.15, -0.1) is 0 Å². The van der Waals surface area contributed by atoms with Crippen LogP contribution in [0.2, 0.25) is 0 Å². The molecule has 0 unspecified atom stereocenters. The van der Waals surface area contributed by atoms with Crippen LogP contribution in [0.3, 0.4) is 0 Å². The van der Waals surface area contributed by atoms with E-state index < -0.39 is 0 Å². The van der Waals surface area contributed by atoms with Crippen LogP contribution in [-0.2, 0) is 5.41 Å². The molecule has 0 aromatic heterocycles. The highest BCUT2D eigenvalue weighted by Crippen LogP contribution is 2.25. The van der Waals surface area contributed by atoms with E-state index in [4.69, 9.17) is 4.74 Å². The summed E-state index contributed by atoms with van der Waals surface area (Å²) < 4.78 is 6.56. The van der Waals surface area contributed by atoms with Crippen molar-refractivity contribution < 1.29 is 9.53 Å². The van der Waals surface area contributed by atoms with Gasteiger partial charge in [-0.05, 0) is 51.2 Å². The molecule has 0 aliphatic carbocycles. The first kappa shape index (κ1) is 18.3. The van der Waals surface area contributed by atoms with Crippen molar-refractivity contribution >= 4 is 27.6 Å². The Morgan fingerprint density at radius 2 is 1.88 bits per heavy atom. The molecule has 0 saturated carbocycles. The molecule has 0 radical (unpaired) electrons. The first-order valence-electron chi connectivity index (χ1n) is 7.89. The maximum Gasteiger partial charge on any atom is 0.319 e. The Labute approximate surface area is 151 Å². The molecule has 2 aromatic rings. The van der Waals surface area contributed by atoms with Gasteiger partial charge in [0, 0.05) is 4.47 Å². The number of anilines is 1. The smallest absolute Gasteiger partial charge is 0.319 e. The summed E-state index contributed by atoms with van der Waals surface area (Å²) in [5.74, 6) is 0.815. The van der Waals surface area contributed by atoms with Gasteiger partial charge in [0.15, 0.2) is 0 Å². The van der Waals surface area contributed by atoms with Crippen molar-refractivity contribution in [1.29, 1.82) is 0 Å². The Bertz CT molecular complexity index is 696. The fourth-order valence-corrected chi connectivity index (χ4v) is 2.50. The molecular weight excluding hydrogens is 368 g/mol. The first-order valence-corrected chi connectivity index (χ1v) is 8.68. The van der Waals surface area contributed by atoms with Crippen LogP contribution in [0.25, 0.3) is 0 Å². The number of hydrogen-bond acceptors (Lipinski definition) is 2. The predicted molar refractivity (Wildman–Crippen MR) is 102 cm³/mol. The molecule has 4 nitrogen and oxygen atoms in total. The van der Waals surface area contributed by atoms with Crippen LogP contribution in [0.1, 0.15) is 26.3 Å². The number of hydrogen-bond donors (Lipinski definition) is 2. The Hall–Kier alpha value is -2.01. The van der Waals surface area contributed by atoms with Crippen molar-refractivity contribution in [2.45, 2.75) is 26.2 Å². The lowest BCUT2D eigenvalue weighted by Gasteiger charge is -2.19. The van der Waals surface area contributed by atoms with Crippen LogP contribution in [0.4, 0.5) is 10.5 Å². The van der Waals surface area contributed by atoms with Crippen molar-refractivity contribution in [3.8, 4) is 5.75 Å². The Morgan fingerprint density at radius 1 is 1.12 bits per heavy atom. The highest BCUT2D eigenvalue weighted by atomic mass is 79.9. The van der Waals surface area contributed by atoms with Crippen molar-refractivity contribution in [3.63, 3.8) is 0 Å². The molecule has 5 heteroatoms. The average molecular weight is 391 g/mol. The molecule has 0 heterocycles. The van der Waals surface area contributed by atoms with Gasteiger partial charge in [0.05, 0.1) is 12.2 Å². The lowest BCUT2D eigenvalue weighted by Crippen LogP contribution is -2.32. The van der Waals surface area contributed by atoms with E-state index in [1.54, 1.807) is 0 Å². The highest BCUT2D eigenvalue weighted by molar-refractivity contribution is 9.10. The summed E-state index contributed by atoms with van der Waals surface area (Å²) in [7, 11) is 0. The van der Waals surface area contributed by atoms with E-state index in [1.807, 2.05) is 42.5 Å². The first-order chi connectivity index (χ1) is 11.4. The third-order valence-electron chi connectivity index (χ3n) is 3.48. The minimum atomic E-state index is -0.256. The Morgan fingerprint density at radius 3 is 2.58 bits per heavy atom. The molecule has 0 atom stereocenters. The number of benzene rings is 2. The average Bonchev–Trinajstić information content (AvgIpc) is 2.53. The Kier molecular flexibility index (Phi) is 6.26. The molecular formula is C19H23BrN2O2. The lowest BCUT2D eigenvalue weighted by molar-refractivity contribution is 0.247. The van der Waals surface area contributed by atoms with Gasteiger partial charge in [0.2, 0.25) is 0 Å². The second kappa shape index (κ2) is 8.20. The second-order valence-electron chi connectivity index (χ2n) is 6.49. The summed E-state index contributed by atoms with van der Waals surface area (Å²) in [5.41, 5.74) is 2.04. The molecule has 0 aliphatic rings. The van der Waals surface area contributed by atoms with Crippen LogP contribution >= 0.6 is 15.9 Å². The van der Waals surface area contributed by atoms with Gasteiger partial charge in [0.25, 0.3) is 0 Å². The van der Waals surface area contributed by atoms with Gasteiger partial charge in [-0.1, -0.05) is 45.0 Å². The number of urea groups is 1. The number of carbonyl (C=O) groups is 1. The van der Waals surface area contributed by atoms with E-state index in [-0.39, 0.29) is 11.4 Å². The maximum atomic E-state index is 11.9. The number of para-hydroxylation sites is 1. The number of carbonyl (C=O) groups excluding carboxylic acids is 1. The summed E-state index contributed by atoms with van der Waals surface area (Å²) in [5, 5.41) is 5.56. The van der Waals surface area contributed by atoms with Crippen molar-refractivity contribution in [2.24, 2.45) is 0 Å². The van der Waals surface area contributed by atoms with Crippen molar-refractivity contribution in [3.05, 3.63) is 58.6 Å². The number of halogens is 1.